The van der Waals surface area contributed by atoms with Crippen LogP contribution in [0.4, 0.5) is 0 Å². The van der Waals surface area contributed by atoms with E-state index in [1.165, 1.54) is 0 Å². The molecule has 214 valence electrons. The maximum absolute atomic E-state index is 12.1. The molecule has 0 fully saturated rings. The fourth-order valence-electron chi connectivity index (χ4n) is 3.12. The van der Waals surface area contributed by atoms with Crippen LogP contribution in [0.25, 0.3) is 0 Å². The summed E-state index contributed by atoms with van der Waals surface area (Å²) in [5.41, 5.74) is 0. The van der Waals surface area contributed by atoms with Gasteiger partial charge in [0.15, 0.2) is 28.2 Å². The Kier molecular flexibility index (Phi) is 15.4. The third-order valence-corrected chi connectivity index (χ3v) is 17.4. The van der Waals surface area contributed by atoms with Crippen LogP contribution in [0.15, 0.2) is 0 Å². The van der Waals surface area contributed by atoms with E-state index >= 15 is 0 Å². The number of hydrogen-bond acceptors (Lipinski definition) is 7. The van der Waals surface area contributed by atoms with Crippen LogP contribution in [-0.2, 0) is 32.1 Å². The zero-order valence-corrected chi connectivity index (χ0v) is 28.2. The van der Waals surface area contributed by atoms with Crippen LogP contribution in [0.2, 0.25) is 36.3 Å². The van der Waals surface area contributed by atoms with Gasteiger partial charge in [0.1, 0.15) is 13.2 Å². The van der Waals surface area contributed by atoms with E-state index in [4.69, 9.17) is 17.9 Å². The third-order valence-electron chi connectivity index (χ3n) is 7.44. The van der Waals surface area contributed by atoms with Crippen molar-refractivity contribution >= 4 is 36.5 Å². The van der Waals surface area contributed by atoms with E-state index in [1.807, 2.05) is 13.8 Å². The summed E-state index contributed by atoms with van der Waals surface area (Å²) in [4.78, 5) is 24.1. The van der Waals surface area contributed by atoms with Crippen molar-refractivity contribution in [2.75, 3.05) is 13.2 Å². The van der Waals surface area contributed by atoms with Gasteiger partial charge in [-0.25, -0.2) is 0 Å². The number of ketones is 2. The van der Waals surface area contributed by atoms with Gasteiger partial charge in [0.05, 0.1) is 0 Å². The first-order valence-electron chi connectivity index (χ1n) is 13.4. The highest BCUT2D eigenvalue weighted by atomic mass is 31.1. The second-order valence-electron chi connectivity index (χ2n) is 13.1. The lowest BCUT2D eigenvalue weighted by molar-refractivity contribution is -0.121. The van der Waals surface area contributed by atoms with Crippen LogP contribution in [0.1, 0.15) is 93.9 Å². The van der Waals surface area contributed by atoms with Crippen molar-refractivity contribution in [3.8, 4) is 0 Å². The Bertz CT molecular complexity index is 654. The number of carbonyl (C=O) groups is 2. The van der Waals surface area contributed by atoms with E-state index < -0.39 is 24.9 Å². The summed E-state index contributed by atoms with van der Waals surface area (Å²) < 4.78 is 34.6. The van der Waals surface area contributed by atoms with Crippen LogP contribution < -0.4 is 0 Å². The molecule has 0 aromatic carbocycles. The summed E-state index contributed by atoms with van der Waals surface area (Å²) in [6.07, 6.45) is 3.83. The van der Waals surface area contributed by atoms with Crippen LogP contribution >= 0.6 is 8.25 Å². The van der Waals surface area contributed by atoms with Crippen LogP contribution in [-0.4, -0.2) is 53.6 Å². The molecule has 0 spiro atoms. The highest BCUT2D eigenvalue weighted by Crippen LogP contribution is 2.38. The minimum absolute atomic E-state index is 0.0923. The Labute approximate surface area is 224 Å². The van der Waals surface area contributed by atoms with E-state index in [9.17, 15) is 14.2 Å². The summed E-state index contributed by atoms with van der Waals surface area (Å²) in [6, 6.07) is 0. The molecule has 36 heavy (non-hydrogen) atoms. The number of hydrogen-bond donors (Lipinski definition) is 0. The molecule has 0 aromatic rings. The minimum Gasteiger partial charge on any atom is -0.414 e. The predicted molar refractivity (Wildman–Crippen MR) is 154 cm³/mol. The summed E-state index contributed by atoms with van der Waals surface area (Å²) in [7, 11) is -6.51. The zero-order valence-electron chi connectivity index (χ0n) is 25.2. The molecular formula is C26H55O7PSi2. The molecule has 0 heterocycles. The highest BCUT2D eigenvalue weighted by molar-refractivity contribution is 7.33. The van der Waals surface area contributed by atoms with Gasteiger partial charge in [-0.05, 0) is 75.8 Å². The molecule has 0 aliphatic carbocycles. The Morgan fingerprint density at radius 3 is 1.28 bits per heavy atom. The molecule has 0 amide bonds. The third kappa shape index (κ3) is 14.7. The molecule has 2 atom stereocenters. The Morgan fingerprint density at radius 2 is 1.00 bits per heavy atom. The fraction of sp³-hybridized carbons (Fsp3) is 0.923. The first-order valence-corrected chi connectivity index (χ1v) is 20.4. The zero-order chi connectivity index (χ0) is 28.4. The first-order chi connectivity index (χ1) is 16.2. The van der Waals surface area contributed by atoms with E-state index in [0.717, 1.165) is 12.8 Å². The second kappa shape index (κ2) is 15.4. The molecule has 0 bridgehead atoms. The van der Waals surface area contributed by atoms with Gasteiger partial charge in [0.2, 0.25) is 0 Å². The molecule has 0 radical (unpaired) electrons. The van der Waals surface area contributed by atoms with Gasteiger partial charge in [-0.1, -0.05) is 41.5 Å². The monoisotopic (exact) mass is 566 g/mol. The van der Waals surface area contributed by atoms with Crippen molar-refractivity contribution in [2.45, 2.75) is 142 Å². The van der Waals surface area contributed by atoms with Crippen LogP contribution in [0.5, 0.6) is 0 Å². The van der Waals surface area contributed by atoms with Crippen molar-refractivity contribution in [3.05, 3.63) is 0 Å². The fourth-order valence-corrected chi connectivity index (χ4v) is 6.71. The average molecular weight is 567 g/mol. The predicted octanol–water partition coefficient (Wildman–Crippen LogP) is 7.71. The molecular weight excluding hydrogens is 511 g/mol. The van der Waals surface area contributed by atoms with Gasteiger partial charge >= 0.3 is 8.25 Å². The molecule has 0 aliphatic rings. The van der Waals surface area contributed by atoms with Gasteiger partial charge in [-0.3, -0.25) is 14.2 Å². The van der Waals surface area contributed by atoms with Gasteiger partial charge in [-0.2, -0.15) is 0 Å². The SMILES string of the molecule is C[C@H](CCCC(=O)CO[PH](=O)OCC(=O)CCC[C@@H](C)O[Si](C)(C)C(C)(C)C)O[Si](C)(C)C(C)(C)C. The minimum atomic E-state index is -2.87. The Balaban J connectivity index is 4.06. The van der Waals surface area contributed by atoms with E-state index in [0.29, 0.717) is 25.7 Å². The van der Waals surface area contributed by atoms with E-state index in [-0.39, 0.29) is 47.1 Å². The summed E-state index contributed by atoms with van der Waals surface area (Å²) in [5.74, 6) is -0.253. The van der Waals surface area contributed by atoms with Crippen LogP contribution in [0.3, 0.4) is 0 Å². The van der Waals surface area contributed by atoms with E-state index in [1.54, 1.807) is 0 Å². The molecule has 0 N–H and O–H groups in total. The highest BCUT2D eigenvalue weighted by Gasteiger charge is 2.39. The maximum Gasteiger partial charge on any atom is 0.319 e. The van der Waals surface area contributed by atoms with E-state index in [2.05, 4.69) is 67.7 Å². The number of rotatable bonds is 18. The smallest absolute Gasteiger partial charge is 0.319 e. The van der Waals surface area contributed by atoms with Crippen molar-refractivity contribution in [1.29, 1.82) is 0 Å². The number of carbonyl (C=O) groups excluding carboxylic acids is 2. The maximum atomic E-state index is 12.1. The van der Waals surface area contributed by atoms with Crippen molar-refractivity contribution in [3.63, 3.8) is 0 Å². The molecule has 0 rings (SSSR count). The van der Waals surface area contributed by atoms with Gasteiger partial charge in [-0.15, -0.1) is 0 Å². The lowest BCUT2D eigenvalue weighted by atomic mass is 10.1. The quantitative estimate of drug-likeness (QED) is 0.124. The van der Waals surface area contributed by atoms with Crippen LogP contribution in [0, 0.1) is 0 Å². The summed E-state index contributed by atoms with van der Waals surface area (Å²) in [6.45, 7) is 25.7. The molecule has 7 nitrogen and oxygen atoms in total. The standard InChI is InChI=1S/C26H55O7PSi2/c1-21(32-35(9,10)25(3,4)5)15-13-17-23(27)19-30-34(29)31-20-24(28)18-14-16-22(2)33-36(11,12)26(6,7)8/h21-22,34H,13-20H2,1-12H3/t21-,22-/m1/s1. The Hall–Kier alpha value is -0.156. The Morgan fingerprint density at radius 1 is 0.694 bits per heavy atom. The van der Waals surface area contributed by atoms with Crippen molar-refractivity contribution < 1.29 is 32.1 Å². The molecule has 0 unspecified atom stereocenters. The normalized spacial score (nSPS) is 15.2. The lowest BCUT2D eigenvalue weighted by Crippen LogP contribution is -2.43. The van der Waals surface area contributed by atoms with Crippen molar-refractivity contribution in [1.82, 2.24) is 0 Å². The largest absolute Gasteiger partial charge is 0.414 e. The summed E-state index contributed by atoms with van der Waals surface area (Å²) >= 11 is 0. The number of Topliss-reactive ketones (excluding diaryl/α,β-unsaturated/α-hetero) is 2. The molecule has 0 aliphatic heterocycles. The molecule has 0 aromatic heterocycles. The topological polar surface area (TPSA) is 88.1 Å². The average Bonchev–Trinajstić information content (AvgIpc) is 2.68. The molecule has 10 heteroatoms. The summed E-state index contributed by atoms with van der Waals surface area (Å²) in [5, 5.41) is 0.298. The second-order valence-corrected chi connectivity index (χ2v) is 23.7. The van der Waals surface area contributed by atoms with Gasteiger partial charge < -0.3 is 17.9 Å². The molecule has 0 saturated heterocycles. The van der Waals surface area contributed by atoms with Gasteiger partial charge in [0.25, 0.3) is 0 Å². The lowest BCUT2D eigenvalue weighted by Gasteiger charge is -2.38. The van der Waals surface area contributed by atoms with Crippen molar-refractivity contribution in [2.24, 2.45) is 0 Å². The van der Waals surface area contributed by atoms with Gasteiger partial charge in [0, 0.05) is 25.0 Å². The molecule has 0 saturated carbocycles. The first kappa shape index (κ1) is 35.8.